The molecule has 5 nitrogen and oxygen atoms in total. The summed E-state index contributed by atoms with van der Waals surface area (Å²) in [5, 5.41) is 0.721. The van der Waals surface area contributed by atoms with Crippen LogP contribution >= 0.6 is 11.3 Å². The predicted molar refractivity (Wildman–Crippen MR) is 111 cm³/mol. The molecule has 1 amide bonds. The topological polar surface area (TPSA) is 51.7 Å². The van der Waals surface area contributed by atoms with Crippen LogP contribution in [-0.2, 0) is 13.2 Å². The minimum Gasteiger partial charge on any atom is -0.486 e. The van der Waals surface area contributed by atoms with Crippen LogP contribution in [0.2, 0.25) is 0 Å². The predicted octanol–water partition coefficient (Wildman–Crippen LogP) is 5.21. The molecule has 3 rings (SSSR count). The SMILES string of the molecule is Cc1ccc(OCc2nc(C)c(C(=O)N(C)Cc3ccc(OC(F)F)cc3)s2)cc1. The van der Waals surface area contributed by atoms with Crippen LogP contribution in [0.4, 0.5) is 8.78 Å². The molecule has 0 saturated heterocycles. The van der Waals surface area contributed by atoms with Crippen molar-refractivity contribution in [3.05, 3.63) is 75.2 Å². The quantitative estimate of drug-likeness (QED) is 0.490. The van der Waals surface area contributed by atoms with Crippen molar-refractivity contribution in [2.75, 3.05) is 7.05 Å². The molecule has 158 valence electrons. The maximum atomic E-state index is 12.8. The normalized spacial score (nSPS) is 10.9. The molecule has 1 aromatic heterocycles. The molecular formula is C22H22F2N2O3S. The summed E-state index contributed by atoms with van der Waals surface area (Å²) in [6.45, 7) is 1.56. The van der Waals surface area contributed by atoms with Crippen molar-refractivity contribution in [3.63, 3.8) is 0 Å². The third-order valence-electron chi connectivity index (χ3n) is 4.33. The zero-order chi connectivity index (χ0) is 21.7. The molecule has 0 aliphatic heterocycles. The second-order valence-corrected chi connectivity index (χ2v) is 7.89. The highest BCUT2D eigenvalue weighted by Gasteiger charge is 2.19. The third kappa shape index (κ3) is 5.76. The minimum absolute atomic E-state index is 0.0826. The molecule has 0 unspecified atom stereocenters. The van der Waals surface area contributed by atoms with Gasteiger partial charge in [0.1, 0.15) is 28.0 Å². The Kier molecular flexibility index (Phi) is 6.99. The van der Waals surface area contributed by atoms with E-state index in [9.17, 15) is 13.6 Å². The van der Waals surface area contributed by atoms with Gasteiger partial charge in [-0.1, -0.05) is 29.8 Å². The number of hydrogen-bond donors (Lipinski definition) is 0. The van der Waals surface area contributed by atoms with E-state index in [0.29, 0.717) is 17.1 Å². The number of halogens is 2. The van der Waals surface area contributed by atoms with E-state index in [-0.39, 0.29) is 18.3 Å². The Morgan fingerprint density at radius 3 is 2.33 bits per heavy atom. The molecule has 0 spiro atoms. The fourth-order valence-corrected chi connectivity index (χ4v) is 3.76. The molecule has 2 aromatic carbocycles. The van der Waals surface area contributed by atoms with Gasteiger partial charge in [-0.25, -0.2) is 4.98 Å². The second-order valence-electron chi connectivity index (χ2n) is 6.81. The first kappa shape index (κ1) is 21.7. The van der Waals surface area contributed by atoms with E-state index in [1.165, 1.54) is 23.5 Å². The number of carbonyl (C=O) groups is 1. The summed E-state index contributed by atoms with van der Waals surface area (Å²) in [4.78, 5) is 19.4. The summed E-state index contributed by atoms with van der Waals surface area (Å²) in [7, 11) is 1.69. The van der Waals surface area contributed by atoms with Crippen LogP contribution < -0.4 is 9.47 Å². The first-order valence-electron chi connectivity index (χ1n) is 9.27. The summed E-state index contributed by atoms with van der Waals surface area (Å²) in [5.41, 5.74) is 2.61. The number of aromatic nitrogens is 1. The Morgan fingerprint density at radius 1 is 1.07 bits per heavy atom. The van der Waals surface area contributed by atoms with Crippen LogP contribution in [0.25, 0.3) is 0 Å². The van der Waals surface area contributed by atoms with Crippen molar-refractivity contribution in [2.24, 2.45) is 0 Å². The van der Waals surface area contributed by atoms with Gasteiger partial charge in [0.25, 0.3) is 5.91 Å². The van der Waals surface area contributed by atoms with Crippen LogP contribution in [0.1, 0.15) is 31.5 Å². The Balaban J connectivity index is 1.60. The Bertz CT molecular complexity index is 989. The van der Waals surface area contributed by atoms with Crippen LogP contribution in [0, 0.1) is 13.8 Å². The summed E-state index contributed by atoms with van der Waals surface area (Å²) < 4.78 is 34.6. The fraction of sp³-hybridized carbons (Fsp3) is 0.273. The highest BCUT2D eigenvalue weighted by Crippen LogP contribution is 2.23. The van der Waals surface area contributed by atoms with Gasteiger partial charge in [-0.2, -0.15) is 8.78 Å². The maximum Gasteiger partial charge on any atom is 0.387 e. The molecule has 0 bridgehead atoms. The average molecular weight is 432 g/mol. The summed E-state index contributed by atoms with van der Waals surface area (Å²) >= 11 is 1.31. The summed E-state index contributed by atoms with van der Waals surface area (Å²) in [6, 6.07) is 14.0. The summed E-state index contributed by atoms with van der Waals surface area (Å²) in [5.74, 6) is 0.677. The van der Waals surface area contributed by atoms with Gasteiger partial charge in [-0.15, -0.1) is 11.3 Å². The van der Waals surface area contributed by atoms with Crippen molar-refractivity contribution in [3.8, 4) is 11.5 Å². The Hall–Kier alpha value is -3.00. The largest absolute Gasteiger partial charge is 0.486 e. The monoisotopic (exact) mass is 432 g/mol. The van der Waals surface area contributed by atoms with Crippen LogP contribution in [0.5, 0.6) is 11.5 Å². The third-order valence-corrected chi connectivity index (χ3v) is 5.45. The van der Waals surface area contributed by atoms with Gasteiger partial charge in [0, 0.05) is 13.6 Å². The number of thiazole rings is 1. The van der Waals surface area contributed by atoms with Crippen LogP contribution in [0.15, 0.2) is 48.5 Å². The van der Waals surface area contributed by atoms with Crippen molar-refractivity contribution < 1.29 is 23.0 Å². The van der Waals surface area contributed by atoms with Gasteiger partial charge < -0.3 is 14.4 Å². The van der Waals surface area contributed by atoms with E-state index in [4.69, 9.17) is 4.74 Å². The molecule has 0 aliphatic rings. The second kappa shape index (κ2) is 9.67. The molecule has 0 fully saturated rings. The van der Waals surface area contributed by atoms with Crippen molar-refractivity contribution in [2.45, 2.75) is 33.6 Å². The fourth-order valence-electron chi connectivity index (χ4n) is 2.79. The minimum atomic E-state index is -2.86. The molecule has 0 radical (unpaired) electrons. The van der Waals surface area contributed by atoms with Crippen molar-refractivity contribution in [1.82, 2.24) is 9.88 Å². The smallest absolute Gasteiger partial charge is 0.387 e. The highest BCUT2D eigenvalue weighted by atomic mass is 32.1. The summed E-state index contributed by atoms with van der Waals surface area (Å²) in [6.07, 6.45) is 0. The number of amides is 1. The zero-order valence-electron chi connectivity index (χ0n) is 16.9. The molecule has 8 heteroatoms. The zero-order valence-corrected chi connectivity index (χ0v) is 17.7. The maximum absolute atomic E-state index is 12.8. The van der Waals surface area contributed by atoms with Crippen molar-refractivity contribution >= 4 is 17.2 Å². The molecule has 0 atom stereocenters. The van der Waals surface area contributed by atoms with E-state index in [1.807, 2.05) is 31.2 Å². The highest BCUT2D eigenvalue weighted by molar-refractivity contribution is 7.13. The number of carbonyl (C=O) groups excluding carboxylic acids is 1. The van der Waals surface area contributed by atoms with Gasteiger partial charge in [-0.3, -0.25) is 4.79 Å². The molecule has 1 heterocycles. The number of hydrogen-bond acceptors (Lipinski definition) is 5. The number of aryl methyl sites for hydroxylation is 2. The lowest BCUT2D eigenvalue weighted by Crippen LogP contribution is -2.26. The standard InChI is InChI=1S/C22H22F2N2O3S/c1-14-4-8-17(9-5-14)28-13-19-25-15(2)20(30-19)21(27)26(3)12-16-6-10-18(11-7-16)29-22(23)24/h4-11,22H,12-13H2,1-3H3. The number of alkyl halides is 2. The van der Waals surface area contributed by atoms with Gasteiger partial charge in [0.05, 0.1) is 5.69 Å². The van der Waals surface area contributed by atoms with Gasteiger partial charge in [0.15, 0.2) is 0 Å². The van der Waals surface area contributed by atoms with E-state index in [1.54, 1.807) is 31.0 Å². The van der Waals surface area contributed by atoms with Gasteiger partial charge in [-0.05, 0) is 43.7 Å². The molecule has 0 saturated carbocycles. The first-order chi connectivity index (χ1) is 14.3. The average Bonchev–Trinajstić information content (AvgIpc) is 3.08. The van der Waals surface area contributed by atoms with E-state index >= 15 is 0 Å². The van der Waals surface area contributed by atoms with Crippen molar-refractivity contribution in [1.29, 1.82) is 0 Å². The molecule has 0 N–H and O–H groups in total. The molecular weight excluding hydrogens is 410 g/mol. The number of rotatable bonds is 8. The molecule has 0 aliphatic carbocycles. The lowest BCUT2D eigenvalue weighted by molar-refractivity contribution is -0.0498. The van der Waals surface area contributed by atoms with Gasteiger partial charge in [0.2, 0.25) is 0 Å². The Morgan fingerprint density at radius 2 is 1.70 bits per heavy atom. The Labute approximate surface area is 177 Å². The number of ether oxygens (including phenoxy) is 2. The van der Waals surface area contributed by atoms with E-state index in [0.717, 1.165) is 21.9 Å². The lowest BCUT2D eigenvalue weighted by Gasteiger charge is -2.17. The molecule has 3 aromatic rings. The first-order valence-corrected chi connectivity index (χ1v) is 10.1. The molecule has 30 heavy (non-hydrogen) atoms. The van der Waals surface area contributed by atoms with Gasteiger partial charge >= 0.3 is 6.61 Å². The van der Waals surface area contributed by atoms with E-state index < -0.39 is 6.61 Å². The van der Waals surface area contributed by atoms with Crippen LogP contribution in [-0.4, -0.2) is 29.5 Å². The van der Waals surface area contributed by atoms with E-state index in [2.05, 4.69) is 9.72 Å². The lowest BCUT2D eigenvalue weighted by atomic mass is 10.2. The number of benzene rings is 2. The number of nitrogens with zero attached hydrogens (tertiary/aromatic N) is 2. The van der Waals surface area contributed by atoms with Crippen LogP contribution in [0.3, 0.4) is 0 Å².